The molecule has 0 amide bonds. The van der Waals surface area contributed by atoms with E-state index in [1.54, 1.807) is 22.9 Å². The van der Waals surface area contributed by atoms with Crippen LogP contribution in [-0.2, 0) is 16.1 Å². The molecule has 2 aliphatic rings. The zero-order valence-corrected chi connectivity index (χ0v) is 18.5. The van der Waals surface area contributed by atoms with Gasteiger partial charge in [0.1, 0.15) is 5.82 Å². The molecule has 2 aromatic rings. The molecule has 1 aromatic heterocycles. The van der Waals surface area contributed by atoms with Crippen molar-refractivity contribution in [2.24, 2.45) is 5.92 Å². The van der Waals surface area contributed by atoms with Crippen LogP contribution in [0.1, 0.15) is 49.5 Å². The van der Waals surface area contributed by atoms with Gasteiger partial charge in [0.15, 0.2) is 11.6 Å². The lowest BCUT2D eigenvalue weighted by Crippen LogP contribution is -2.42. The van der Waals surface area contributed by atoms with Crippen LogP contribution in [0.5, 0.6) is 0 Å². The second kappa shape index (κ2) is 9.91. The predicted octanol–water partition coefficient (Wildman–Crippen LogP) is 2.78. The van der Waals surface area contributed by atoms with E-state index < -0.39 is 12.0 Å². The fourth-order valence-electron chi connectivity index (χ4n) is 4.09. The molecule has 2 heterocycles. The van der Waals surface area contributed by atoms with Crippen molar-refractivity contribution in [3.05, 3.63) is 47.0 Å². The Balaban J connectivity index is 1.57. The number of aromatic nitrogens is 4. The largest absolute Gasteiger partial charge is 0.481 e. The molecule has 0 spiro atoms. The van der Waals surface area contributed by atoms with Crippen LogP contribution in [0.3, 0.4) is 0 Å². The number of piperidine rings is 1. The van der Waals surface area contributed by atoms with Gasteiger partial charge in [-0.15, -0.1) is 5.10 Å². The third kappa shape index (κ3) is 5.24. The Bertz CT molecular complexity index is 1020. The van der Waals surface area contributed by atoms with E-state index in [4.69, 9.17) is 17.7 Å². The number of likely N-dealkylation sites (tertiary alicyclic amines) is 1. The van der Waals surface area contributed by atoms with Crippen molar-refractivity contribution in [3.8, 4) is 0 Å². The number of aryl methyl sites for hydroxylation is 1. The maximum absolute atomic E-state index is 14.7. The van der Waals surface area contributed by atoms with E-state index in [1.165, 1.54) is 6.07 Å². The van der Waals surface area contributed by atoms with Crippen LogP contribution in [0.2, 0.25) is 0 Å². The van der Waals surface area contributed by atoms with Crippen molar-refractivity contribution < 1.29 is 19.1 Å². The lowest BCUT2D eigenvalue weighted by molar-refractivity contribution is -0.137. The van der Waals surface area contributed by atoms with Crippen molar-refractivity contribution in [2.45, 2.75) is 49.9 Å². The topological polar surface area (TPSA) is 101 Å². The highest BCUT2D eigenvalue weighted by Gasteiger charge is 2.40. The van der Waals surface area contributed by atoms with E-state index in [0.717, 1.165) is 18.4 Å². The van der Waals surface area contributed by atoms with Crippen LogP contribution >= 0.6 is 12.6 Å². The summed E-state index contributed by atoms with van der Waals surface area (Å²) in [5.41, 5.74) is 1.36. The number of aliphatic carboxylic acids is 1. The predicted molar refractivity (Wildman–Crippen MR) is 118 cm³/mol. The number of carboxylic acids is 1. The second-order valence-corrected chi connectivity index (χ2v) is 8.98. The number of hydrogen-bond donors (Lipinski definition) is 2. The number of carboxylic acid groups (broad SMARTS) is 1. The summed E-state index contributed by atoms with van der Waals surface area (Å²) >= 11 is 4.71. The summed E-state index contributed by atoms with van der Waals surface area (Å²) in [6, 6.07) is 5.86. The normalized spacial score (nSPS) is 21.6. The molecule has 2 unspecified atom stereocenters. The highest BCUT2D eigenvalue weighted by Crippen LogP contribution is 2.39. The van der Waals surface area contributed by atoms with Crippen molar-refractivity contribution in [3.63, 3.8) is 0 Å². The third-order valence-electron chi connectivity index (χ3n) is 5.95. The highest BCUT2D eigenvalue weighted by molar-refractivity contribution is 7.81. The molecule has 1 saturated heterocycles. The molecule has 10 heteroatoms. The maximum atomic E-state index is 14.7. The van der Waals surface area contributed by atoms with Gasteiger partial charge in [-0.25, -0.2) is 9.07 Å². The van der Waals surface area contributed by atoms with Crippen LogP contribution in [0.25, 0.3) is 6.08 Å². The lowest BCUT2D eigenvalue weighted by Gasteiger charge is -2.37. The van der Waals surface area contributed by atoms with Crippen molar-refractivity contribution >= 4 is 30.5 Å². The Labute approximate surface area is 190 Å². The van der Waals surface area contributed by atoms with E-state index in [0.29, 0.717) is 43.9 Å². The molecule has 8 nitrogen and oxygen atoms in total. The van der Waals surface area contributed by atoms with Crippen LogP contribution < -0.4 is 0 Å². The molecule has 2 atom stereocenters. The number of carbonyl (C=O) groups excluding carboxylic acids is 1. The van der Waals surface area contributed by atoms with Gasteiger partial charge in [-0.1, -0.05) is 18.2 Å². The first-order valence-corrected chi connectivity index (χ1v) is 11.3. The molecular weight excluding hydrogens is 433 g/mol. The molecule has 1 aliphatic heterocycles. The van der Waals surface area contributed by atoms with Crippen LogP contribution in [0.15, 0.2) is 29.8 Å². The monoisotopic (exact) mass is 459 g/mol. The van der Waals surface area contributed by atoms with E-state index in [1.807, 2.05) is 11.0 Å². The average Bonchev–Trinajstić information content (AvgIpc) is 3.53. The minimum Gasteiger partial charge on any atom is -0.481 e. The number of ketones is 1. The molecule has 32 heavy (non-hydrogen) atoms. The number of halogens is 1. The summed E-state index contributed by atoms with van der Waals surface area (Å²) < 4.78 is 16.2. The van der Waals surface area contributed by atoms with Gasteiger partial charge in [0, 0.05) is 42.8 Å². The minimum atomic E-state index is -0.865. The summed E-state index contributed by atoms with van der Waals surface area (Å²) in [5, 5.41) is 20.5. The Morgan fingerprint density at radius 1 is 1.28 bits per heavy atom. The van der Waals surface area contributed by atoms with Crippen LogP contribution in [-0.4, -0.2) is 60.3 Å². The van der Waals surface area contributed by atoms with Gasteiger partial charge in [-0.3, -0.25) is 14.5 Å². The average molecular weight is 460 g/mol. The van der Waals surface area contributed by atoms with Gasteiger partial charge >= 0.3 is 5.97 Å². The molecule has 0 bridgehead atoms. The van der Waals surface area contributed by atoms with Crippen LogP contribution in [0.4, 0.5) is 4.39 Å². The van der Waals surface area contributed by atoms with Crippen molar-refractivity contribution in [1.82, 2.24) is 25.1 Å². The number of nitrogens with zero attached hydrogens (tertiary/aromatic N) is 5. The molecule has 1 aromatic carbocycles. The van der Waals surface area contributed by atoms with E-state index in [9.17, 15) is 14.0 Å². The minimum absolute atomic E-state index is 0.00212. The van der Waals surface area contributed by atoms with Crippen LogP contribution in [0, 0.1) is 11.7 Å². The number of thiol groups is 1. The summed E-state index contributed by atoms with van der Waals surface area (Å²) in [6.45, 7) is 1.47. The number of benzene rings is 1. The Hall–Kier alpha value is -2.59. The number of rotatable bonds is 9. The smallest absolute Gasteiger partial charge is 0.303 e. The Morgan fingerprint density at radius 3 is 2.78 bits per heavy atom. The molecule has 1 saturated carbocycles. The number of hydrogen-bond acceptors (Lipinski definition) is 7. The Morgan fingerprint density at radius 2 is 2.06 bits per heavy atom. The molecule has 1 N–H and O–H groups in total. The zero-order valence-electron chi connectivity index (χ0n) is 17.6. The lowest BCUT2D eigenvalue weighted by atomic mass is 9.93. The fraction of sp³-hybridized carbons (Fsp3) is 0.500. The van der Waals surface area contributed by atoms with Crippen molar-refractivity contribution in [2.75, 3.05) is 13.1 Å². The van der Waals surface area contributed by atoms with Gasteiger partial charge in [0.05, 0.1) is 6.04 Å². The van der Waals surface area contributed by atoms with E-state index in [2.05, 4.69) is 15.5 Å². The van der Waals surface area contributed by atoms with Crippen molar-refractivity contribution in [1.29, 1.82) is 0 Å². The summed E-state index contributed by atoms with van der Waals surface area (Å²) in [7, 11) is 0. The van der Waals surface area contributed by atoms with Gasteiger partial charge < -0.3 is 5.11 Å². The highest BCUT2D eigenvalue weighted by atomic mass is 32.1. The maximum Gasteiger partial charge on any atom is 0.303 e. The van der Waals surface area contributed by atoms with E-state index in [-0.39, 0.29) is 29.2 Å². The first-order valence-electron chi connectivity index (χ1n) is 10.8. The SMILES string of the molecule is O=C(O)CCCn1nnnc1/C=C1\CN(C(C(=O)C2CC2)c2ccccc2F)CCC1S. The molecule has 170 valence electrons. The number of Topliss-reactive ketones (excluding diaryl/α,β-unsaturated/α-hetero) is 1. The standard InChI is InChI=1S/C22H26FN5O3S/c23-17-5-2-1-4-16(17)21(22(31)14-7-8-14)27-11-9-18(32)15(13-27)12-19-24-25-26-28(19)10-3-6-20(29)30/h1-2,4-5,12,14,18,21,32H,3,6-11,13H2,(H,29,30)/b15-12+. The second-order valence-electron chi connectivity index (χ2n) is 8.35. The molecular formula is C22H26FN5O3S. The zero-order chi connectivity index (χ0) is 22.7. The van der Waals surface area contributed by atoms with E-state index >= 15 is 0 Å². The van der Waals surface area contributed by atoms with Gasteiger partial charge in [0.2, 0.25) is 0 Å². The van der Waals surface area contributed by atoms with Gasteiger partial charge in [-0.2, -0.15) is 12.6 Å². The summed E-state index contributed by atoms with van der Waals surface area (Å²) in [5.74, 6) is -0.640. The molecule has 2 fully saturated rings. The first-order chi connectivity index (χ1) is 15.4. The van der Waals surface area contributed by atoms with Gasteiger partial charge in [-0.05, 0) is 53.8 Å². The third-order valence-corrected chi connectivity index (χ3v) is 6.54. The Kier molecular flexibility index (Phi) is 7.00. The summed E-state index contributed by atoms with van der Waals surface area (Å²) in [4.78, 5) is 26.0. The number of tetrazole rings is 1. The first kappa shape index (κ1) is 22.6. The summed E-state index contributed by atoms with van der Waals surface area (Å²) in [6.07, 6.45) is 4.73. The molecule has 0 radical (unpaired) electrons. The number of carbonyl (C=O) groups is 2. The molecule has 4 rings (SSSR count). The van der Waals surface area contributed by atoms with Gasteiger partial charge in [0.25, 0.3) is 0 Å². The quantitative estimate of drug-likeness (QED) is 0.556. The fourth-order valence-corrected chi connectivity index (χ4v) is 4.36. The molecule has 1 aliphatic carbocycles.